The van der Waals surface area contributed by atoms with Crippen LogP contribution in [-0.2, 0) is 4.79 Å². The minimum atomic E-state index is -0.851. The Morgan fingerprint density at radius 2 is 1.79 bits per heavy atom. The standard InChI is InChI=1S/C14H23N3O2/c1-16(2)10-9-15-13(14(18)19)11-5-7-12(8-6-11)17(3)4/h5-8,13,15H,9-10H2,1-4H3,(H,18,19). The summed E-state index contributed by atoms with van der Waals surface area (Å²) < 4.78 is 0. The Morgan fingerprint density at radius 1 is 1.21 bits per heavy atom. The molecule has 19 heavy (non-hydrogen) atoms. The van der Waals surface area contributed by atoms with Crippen molar-refractivity contribution in [3.8, 4) is 0 Å². The lowest BCUT2D eigenvalue weighted by Gasteiger charge is -2.18. The van der Waals surface area contributed by atoms with Crippen molar-refractivity contribution in [1.29, 1.82) is 0 Å². The summed E-state index contributed by atoms with van der Waals surface area (Å²) in [7, 11) is 7.84. The number of rotatable bonds is 7. The highest BCUT2D eigenvalue weighted by Crippen LogP contribution is 2.18. The number of benzene rings is 1. The molecule has 0 radical (unpaired) electrons. The zero-order valence-corrected chi connectivity index (χ0v) is 12.1. The van der Waals surface area contributed by atoms with E-state index in [1.807, 2.05) is 62.3 Å². The van der Waals surface area contributed by atoms with Gasteiger partial charge in [-0.3, -0.25) is 10.1 Å². The van der Waals surface area contributed by atoms with Gasteiger partial charge in [-0.15, -0.1) is 0 Å². The average molecular weight is 265 g/mol. The predicted octanol–water partition coefficient (Wildman–Crippen LogP) is 1.03. The molecule has 2 N–H and O–H groups in total. The van der Waals surface area contributed by atoms with E-state index in [1.165, 1.54) is 0 Å². The smallest absolute Gasteiger partial charge is 0.325 e. The fourth-order valence-corrected chi connectivity index (χ4v) is 1.75. The minimum absolute atomic E-state index is 0.638. The van der Waals surface area contributed by atoms with Gasteiger partial charge in [0.25, 0.3) is 0 Å². The Kier molecular flexibility index (Phi) is 5.79. The molecule has 0 aromatic heterocycles. The summed E-state index contributed by atoms with van der Waals surface area (Å²) in [6.07, 6.45) is 0. The second kappa shape index (κ2) is 7.11. The summed E-state index contributed by atoms with van der Waals surface area (Å²) in [5.41, 5.74) is 1.83. The van der Waals surface area contributed by atoms with Gasteiger partial charge >= 0.3 is 5.97 Å². The maximum absolute atomic E-state index is 11.3. The van der Waals surface area contributed by atoms with E-state index in [2.05, 4.69) is 5.32 Å². The SMILES string of the molecule is CN(C)CCNC(C(=O)O)c1ccc(N(C)C)cc1. The first-order valence-corrected chi connectivity index (χ1v) is 6.30. The normalized spacial score (nSPS) is 12.5. The molecule has 0 spiro atoms. The molecule has 5 nitrogen and oxygen atoms in total. The van der Waals surface area contributed by atoms with Crippen molar-refractivity contribution in [3.05, 3.63) is 29.8 Å². The summed E-state index contributed by atoms with van der Waals surface area (Å²) in [4.78, 5) is 15.3. The van der Waals surface area contributed by atoms with Gasteiger partial charge in [-0.1, -0.05) is 12.1 Å². The molecule has 0 bridgehead atoms. The van der Waals surface area contributed by atoms with E-state index >= 15 is 0 Å². The molecule has 0 aliphatic rings. The van der Waals surface area contributed by atoms with Crippen LogP contribution in [-0.4, -0.2) is 57.3 Å². The van der Waals surface area contributed by atoms with Gasteiger partial charge in [-0.05, 0) is 31.8 Å². The summed E-state index contributed by atoms with van der Waals surface area (Å²) in [5, 5.41) is 12.3. The summed E-state index contributed by atoms with van der Waals surface area (Å²) in [6, 6.07) is 6.92. The highest BCUT2D eigenvalue weighted by atomic mass is 16.4. The Balaban J connectivity index is 2.73. The Bertz CT molecular complexity index is 402. The van der Waals surface area contributed by atoms with Gasteiger partial charge in [0.1, 0.15) is 6.04 Å². The summed E-state index contributed by atoms with van der Waals surface area (Å²) >= 11 is 0. The number of anilines is 1. The molecule has 1 aromatic rings. The zero-order chi connectivity index (χ0) is 14.4. The second-order valence-electron chi connectivity index (χ2n) is 5.01. The molecule has 1 aromatic carbocycles. The van der Waals surface area contributed by atoms with Crippen molar-refractivity contribution in [1.82, 2.24) is 10.2 Å². The third-order valence-corrected chi connectivity index (χ3v) is 2.90. The Hall–Kier alpha value is -1.59. The lowest BCUT2D eigenvalue weighted by molar-refractivity contribution is -0.139. The van der Waals surface area contributed by atoms with Gasteiger partial charge in [0.2, 0.25) is 0 Å². The van der Waals surface area contributed by atoms with Gasteiger partial charge < -0.3 is 14.9 Å². The quantitative estimate of drug-likeness (QED) is 0.771. The van der Waals surface area contributed by atoms with E-state index in [1.54, 1.807) is 0 Å². The third-order valence-electron chi connectivity index (χ3n) is 2.90. The van der Waals surface area contributed by atoms with E-state index in [4.69, 9.17) is 0 Å². The highest BCUT2D eigenvalue weighted by Gasteiger charge is 2.18. The lowest BCUT2D eigenvalue weighted by Crippen LogP contribution is -2.33. The number of aliphatic carboxylic acids is 1. The maximum Gasteiger partial charge on any atom is 0.325 e. The molecule has 0 heterocycles. The predicted molar refractivity (Wildman–Crippen MR) is 77.7 cm³/mol. The molecule has 5 heteroatoms. The van der Waals surface area contributed by atoms with E-state index in [0.717, 1.165) is 17.8 Å². The third kappa shape index (κ3) is 4.89. The van der Waals surface area contributed by atoms with Gasteiger partial charge in [-0.2, -0.15) is 0 Å². The molecule has 106 valence electrons. The largest absolute Gasteiger partial charge is 0.480 e. The molecule has 0 amide bonds. The summed E-state index contributed by atoms with van der Waals surface area (Å²) in [6.45, 7) is 1.44. The fraction of sp³-hybridized carbons (Fsp3) is 0.500. The van der Waals surface area contributed by atoms with Crippen LogP contribution >= 0.6 is 0 Å². The van der Waals surface area contributed by atoms with Crippen LogP contribution in [0.15, 0.2) is 24.3 Å². The highest BCUT2D eigenvalue weighted by molar-refractivity contribution is 5.75. The van der Waals surface area contributed by atoms with Crippen molar-refractivity contribution in [3.63, 3.8) is 0 Å². The van der Waals surface area contributed by atoms with Crippen molar-refractivity contribution in [2.75, 3.05) is 46.2 Å². The molecular formula is C14H23N3O2. The summed E-state index contributed by atoms with van der Waals surface area (Å²) in [5.74, 6) is -0.851. The van der Waals surface area contributed by atoms with Crippen LogP contribution in [0.2, 0.25) is 0 Å². The topological polar surface area (TPSA) is 55.8 Å². The molecule has 0 saturated heterocycles. The van der Waals surface area contributed by atoms with Gasteiger partial charge in [0, 0.05) is 32.9 Å². The minimum Gasteiger partial charge on any atom is -0.480 e. The first kappa shape index (κ1) is 15.5. The molecular weight excluding hydrogens is 242 g/mol. The van der Waals surface area contributed by atoms with Crippen LogP contribution in [0.1, 0.15) is 11.6 Å². The monoisotopic (exact) mass is 265 g/mol. The van der Waals surface area contributed by atoms with Crippen LogP contribution in [0.25, 0.3) is 0 Å². The molecule has 0 saturated carbocycles. The van der Waals surface area contributed by atoms with E-state index in [9.17, 15) is 9.90 Å². The van der Waals surface area contributed by atoms with Gasteiger partial charge in [0.05, 0.1) is 0 Å². The number of nitrogens with zero attached hydrogens (tertiary/aromatic N) is 2. The van der Waals surface area contributed by atoms with Crippen LogP contribution < -0.4 is 10.2 Å². The van der Waals surface area contributed by atoms with E-state index in [-0.39, 0.29) is 0 Å². The van der Waals surface area contributed by atoms with Gasteiger partial charge in [0.15, 0.2) is 0 Å². The van der Waals surface area contributed by atoms with Crippen LogP contribution in [0.4, 0.5) is 5.69 Å². The van der Waals surface area contributed by atoms with Crippen molar-refractivity contribution < 1.29 is 9.90 Å². The van der Waals surface area contributed by atoms with Crippen molar-refractivity contribution in [2.45, 2.75) is 6.04 Å². The first-order valence-electron chi connectivity index (χ1n) is 6.30. The van der Waals surface area contributed by atoms with E-state index < -0.39 is 12.0 Å². The maximum atomic E-state index is 11.3. The molecule has 1 atom stereocenters. The number of carboxylic acids is 1. The first-order chi connectivity index (χ1) is 8.91. The Morgan fingerprint density at radius 3 is 2.21 bits per heavy atom. The van der Waals surface area contributed by atoms with Crippen molar-refractivity contribution >= 4 is 11.7 Å². The molecule has 0 aliphatic heterocycles. The lowest BCUT2D eigenvalue weighted by atomic mass is 10.1. The zero-order valence-electron chi connectivity index (χ0n) is 12.1. The number of hydrogen-bond donors (Lipinski definition) is 2. The fourth-order valence-electron chi connectivity index (χ4n) is 1.75. The second-order valence-corrected chi connectivity index (χ2v) is 5.01. The molecule has 1 rings (SSSR count). The number of carboxylic acid groups (broad SMARTS) is 1. The van der Waals surface area contributed by atoms with Gasteiger partial charge in [-0.25, -0.2) is 0 Å². The number of hydrogen-bond acceptors (Lipinski definition) is 4. The van der Waals surface area contributed by atoms with Crippen LogP contribution in [0.3, 0.4) is 0 Å². The number of carbonyl (C=O) groups is 1. The van der Waals surface area contributed by atoms with Crippen LogP contribution in [0.5, 0.6) is 0 Å². The molecule has 0 aliphatic carbocycles. The molecule has 1 unspecified atom stereocenters. The van der Waals surface area contributed by atoms with Crippen LogP contribution in [0, 0.1) is 0 Å². The number of likely N-dealkylation sites (N-methyl/N-ethyl adjacent to an activating group) is 1. The average Bonchev–Trinajstić information content (AvgIpc) is 2.34. The van der Waals surface area contributed by atoms with E-state index in [0.29, 0.717) is 6.54 Å². The van der Waals surface area contributed by atoms with Crippen molar-refractivity contribution in [2.24, 2.45) is 0 Å². The Labute approximate surface area is 114 Å². The molecule has 0 fully saturated rings. The number of nitrogens with one attached hydrogen (secondary N) is 1.